The van der Waals surface area contributed by atoms with Crippen molar-refractivity contribution in [2.75, 3.05) is 6.54 Å². The number of nitrogens with zero attached hydrogens (tertiary/aromatic N) is 2. The second-order valence-electron chi connectivity index (χ2n) is 3.63. The summed E-state index contributed by atoms with van der Waals surface area (Å²) in [5.41, 5.74) is 2.13. The van der Waals surface area contributed by atoms with Crippen LogP contribution in [0.3, 0.4) is 0 Å². The van der Waals surface area contributed by atoms with E-state index >= 15 is 0 Å². The standard InChI is InChI=1S/C12H15N3S/c1-3-13-7-10-8-15-12(16-10)11-5-4-9(2)6-14-11/h4-6,8,13H,3,7H2,1-2H3. The Bertz CT molecular complexity index is 448. The number of thiazole rings is 1. The molecular formula is C12H15N3S. The van der Waals surface area contributed by atoms with Crippen LogP contribution in [0.2, 0.25) is 0 Å². The van der Waals surface area contributed by atoms with E-state index in [0.29, 0.717) is 0 Å². The first-order chi connectivity index (χ1) is 7.79. The van der Waals surface area contributed by atoms with E-state index in [4.69, 9.17) is 0 Å². The molecule has 0 aliphatic carbocycles. The van der Waals surface area contributed by atoms with Gasteiger partial charge in [0.05, 0.1) is 5.69 Å². The summed E-state index contributed by atoms with van der Waals surface area (Å²) in [4.78, 5) is 10.0. The molecule has 0 spiro atoms. The lowest BCUT2D eigenvalue weighted by Gasteiger charge is -1.96. The topological polar surface area (TPSA) is 37.8 Å². The Balaban J connectivity index is 2.15. The predicted octanol–water partition coefficient (Wildman–Crippen LogP) is 2.62. The van der Waals surface area contributed by atoms with Gasteiger partial charge in [0.2, 0.25) is 0 Å². The summed E-state index contributed by atoms with van der Waals surface area (Å²) in [7, 11) is 0. The van der Waals surface area contributed by atoms with Crippen LogP contribution in [0.15, 0.2) is 24.5 Å². The summed E-state index contributed by atoms with van der Waals surface area (Å²) >= 11 is 1.70. The van der Waals surface area contributed by atoms with E-state index in [1.165, 1.54) is 10.4 Å². The Morgan fingerprint density at radius 3 is 2.81 bits per heavy atom. The number of hydrogen-bond acceptors (Lipinski definition) is 4. The van der Waals surface area contributed by atoms with Crippen LogP contribution in [0.5, 0.6) is 0 Å². The summed E-state index contributed by atoms with van der Waals surface area (Å²) in [5, 5.41) is 4.28. The number of hydrogen-bond donors (Lipinski definition) is 1. The third-order valence-corrected chi connectivity index (χ3v) is 3.25. The molecule has 84 valence electrons. The molecule has 3 nitrogen and oxygen atoms in total. The monoisotopic (exact) mass is 233 g/mol. The molecular weight excluding hydrogens is 218 g/mol. The van der Waals surface area contributed by atoms with Crippen LogP contribution in [0.1, 0.15) is 17.4 Å². The Hall–Kier alpha value is -1.26. The Morgan fingerprint density at radius 2 is 2.12 bits per heavy atom. The maximum atomic E-state index is 4.39. The van der Waals surface area contributed by atoms with Crippen LogP contribution in [0.4, 0.5) is 0 Å². The van der Waals surface area contributed by atoms with Gasteiger partial charge in [-0.15, -0.1) is 11.3 Å². The molecule has 0 fully saturated rings. The molecule has 0 radical (unpaired) electrons. The van der Waals surface area contributed by atoms with Crippen molar-refractivity contribution in [1.29, 1.82) is 0 Å². The van der Waals surface area contributed by atoms with Gasteiger partial charge in [-0.2, -0.15) is 0 Å². The summed E-state index contributed by atoms with van der Waals surface area (Å²) < 4.78 is 0. The molecule has 0 aromatic carbocycles. The Labute approximate surface area is 99.6 Å². The zero-order chi connectivity index (χ0) is 11.4. The molecule has 1 N–H and O–H groups in total. The molecule has 16 heavy (non-hydrogen) atoms. The molecule has 2 heterocycles. The zero-order valence-corrected chi connectivity index (χ0v) is 10.3. The quantitative estimate of drug-likeness (QED) is 0.882. The van der Waals surface area contributed by atoms with E-state index in [0.717, 1.165) is 23.8 Å². The highest BCUT2D eigenvalue weighted by Crippen LogP contribution is 2.23. The van der Waals surface area contributed by atoms with Gasteiger partial charge in [0.15, 0.2) is 0 Å². The van der Waals surface area contributed by atoms with Gasteiger partial charge in [-0.05, 0) is 25.1 Å². The number of aromatic nitrogens is 2. The van der Waals surface area contributed by atoms with Gasteiger partial charge < -0.3 is 5.32 Å². The minimum absolute atomic E-state index is 0.889. The maximum Gasteiger partial charge on any atom is 0.142 e. The Kier molecular flexibility index (Phi) is 3.64. The highest BCUT2D eigenvalue weighted by atomic mass is 32.1. The maximum absolute atomic E-state index is 4.39. The van der Waals surface area contributed by atoms with Crippen molar-refractivity contribution in [3.8, 4) is 10.7 Å². The van der Waals surface area contributed by atoms with Gasteiger partial charge in [0.1, 0.15) is 5.01 Å². The predicted molar refractivity (Wildman–Crippen MR) is 67.5 cm³/mol. The SMILES string of the molecule is CCNCc1cnc(-c2ccc(C)cn2)s1. The van der Waals surface area contributed by atoms with Crippen LogP contribution in [-0.2, 0) is 6.54 Å². The first kappa shape index (κ1) is 11.2. The molecule has 2 aromatic heterocycles. The number of rotatable bonds is 4. The third kappa shape index (κ3) is 2.65. The van der Waals surface area contributed by atoms with E-state index in [1.54, 1.807) is 11.3 Å². The average Bonchev–Trinajstić information content (AvgIpc) is 2.76. The largest absolute Gasteiger partial charge is 0.312 e. The number of nitrogens with one attached hydrogen (secondary N) is 1. The van der Waals surface area contributed by atoms with Crippen LogP contribution < -0.4 is 5.32 Å². The molecule has 0 unspecified atom stereocenters. The summed E-state index contributed by atoms with van der Waals surface area (Å²) in [6.45, 7) is 6.01. The average molecular weight is 233 g/mol. The molecule has 0 amide bonds. The van der Waals surface area contributed by atoms with E-state index in [1.807, 2.05) is 25.4 Å². The fourth-order valence-electron chi connectivity index (χ4n) is 1.35. The van der Waals surface area contributed by atoms with Crippen molar-refractivity contribution in [3.63, 3.8) is 0 Å². The first-order valence-electron chi connectivity index (χ1n) is 5.38. The van der Waals surface area contributed by atoms with Gasteiger partial charge in [-0.3, -0.25) is 4.98 Å². The third-order valence-electron chi connectivity index (χ3n) is 2.23. The lowest BCUT2D eigenvalue weighted by molar-refractivity contribution is 0.734. The molecule has 0 atom stereocenters. The van der Waals surface area contributed by atoms with Crippen molar-refractivity contribution in [2.24, 2.45) is 0 Å². The van der Waals surface area contributed by atoms with E-state index in [2.05, 4.69) is 28.3 Å². The van der Waals surface area contributed by atoms with Crippen molar-refractivity contribution >= 4 is 11.3 Å². The van der Waals surface area contributed by atoms with Gasteiger partial charge in [0.25, 0.3) is 0 Å². The van der Waals surface area contributed by atoms with Gasteiger partial charge in [-0.1, -0.05) is 13.0 Å². The number of pyridine rings is 1. The minimum Gasteiger partial charge on any atom is -0.312 e. The lowest BCUT2D eigenvalue weighted by atomic mass is 10.3. The summed E-state index contributed by atoms with van der Waals surface area (Å²) in [6.07, 6.45) is 3.80. The molecule has 0 aliphatic rings. The van der Waals surface area contributed by atoms with Crippen molar-refractivity contribution in [1.82, 2.24) is 15.3 Å². The lowest BCUT2D eigenvalue weighted by Crippen LogP contribution is -2.10. The summed E-state index contributed by atoms with van der Waals surface area (Å²) in [5.74, 6) is 0. The van der Waals surface area contributed by atoms with Crippen LogP contribution in [0.25, 0.3) is 10.7 Å². The van der Waals surface area contributed by atoms with Gasteiger partial charge in [0, 0.05) is 23.8 Å². The fraction of sp³-hybridized carbons (Fsp3) is 0.333. The van der Waals surface area contributed by atoms with Crippen molar-refractivity contribution < 1.29 is 0 Å². The summed E-state index contributed by atoms with van der Waals surface area (Å²) in [6, 6.07) is 4.08. The first-order valence-corrected chi connectivity index (χ1v) is 6.19. The molecule has 2 rings (SSSR count). The minimum atomic E-state index is 0.889. The highest BCUT2D eigenvalue weighted by Gasteiger charge is 2.04. The van der Waals surface area contributed by atoms with Crippen LogP contribution in [0, 0.1) is 6.92 Å². The molecule has 2 aromatic rings. The van der Waals surface area contributed by atoms with Crippen LogP contribution in [-0.4, -0.2) is 16.5 Å². The van der Waals surface area contributed by atoms with E-state index < -0.39 is 0 Å². The molecule has 4 heteroatoms. The molecule has 0 aliphatic heterocycles. The van der Waals surface area contributed by atoms with Gasteiger partial charge in [-0.25, -0.2) is 4.98 Å². The fourth-order valence-corrected chi connectivity index (χ4v) is 2.21. The van der Waals surface area contributed by atoms with Crippen molar-refractivity contribution in [3.05, 3.63) is 35.0 Å². The second-order valence-corrected chi connectivity index (χ2v) is 4.75. The van der Waals surface area contributed by atoms with E-state index in [-0.39, 0.29) is 0 Å². The van der Waals surface area contributed by atoms with Crippen molar-refractivity contribution in [2.45, 2.75) is 20.4 Å². The zero-order valence-electron chi connectivity index (χ0n) is 9.53. The van der Waals surface area contributed by atoms with E-state index in [9.17, 15) is 0 Å². The normalized spacial score (nSPS) is 10.6. The molecule has 0 bridgehead atoms. The number of aryl methyl sites for hydroxylation is 1. The molecule has 0 saturated carbocycles. The smallest absolute Gasteiger partial charge is 0.142 e. The van der Waals surface area contributed by atoms with Crippen LogP contribution >= 0.6 is 11.3 Å². The highest BCUT2D eigenvalue weighted by molar-refractivity contribution is 7.14. The molecule has 0 saturated heterocycles. The second kappa shape index (κ2) is 5.18. The van der Waals surface area contributed by atoms with Gasteiger partial charge >= 0.3 is 0 Å². The Morgan fingerprint density at radius 1 is 1.25 bits per heavy atom.